The minimum absolute atomic E-state index is 0.0238. The van der Waals surface area contributed by atoms with Gasteiger partial charge in [-0.05, 0) is 41.0 Å². The molecule has 0 fully saturated rings. The minimum atomic E-state index is -0.281. The molecular weight excluding hydrogens is 202 g/mol. The first kappa shape index (κ1) is 15.9. The molecule has 0 bridgehead atoms. The van der Waals surface area contributed by atoms with Gasteiger partial charge in [0, 0.05) is 19.1 Å². The van der Waals surface area contributed by atoms with Crippen LogP contribution < -0.4 is 5.73 Å². The van der Waals surface area contributed by atoms with Crippen LogP contribution in [0.25, 0.3) is 0 Å². The highest BCUT2D eigenvalue weighted by Crippen LogP contribution is 2.26. The van der Waals surface area contributed by atoms with Gasteiger partial charge in [-0.25, -0.2) is 0 Å². The van der Waals surface area contributed by atoms with Gasteiger partial charge >= 0.3 is 0 Å². The molecular formula is C13H29NO2. The molecule has 0 aromatic carbocycles. The van der Waals surface area contributed by atoms with E-state index in [1.807, 2.05) is 20.8 Å². The molecule has 0 rings (SSSR count). The standard InChI is InChI=1S/C13H29NO2/c1-8-11(13(5,6)15-7)9-16-12(3,4)10(2)14/h10-11H,8-9,14H2,1-7H3. The van der Waals surface area contributed by atoms with E-state index >= 15 is 0 Å². The maximum atomic E-state index is 5.93. The first-order valence-corrected chi connectivity index (χ1v) is 6.12. The number of nitrogens with two attached hydrogens (primary N) is 1. The molecule has 0 aromatic rings. The van der Waals surface area contributed by atoms with E-state index in [1.54, 1.807) is 7.11 Å². The molecule has 0 saturated carbocycles. The Labute approximate surface area is 101 Å². The van der Waals surface area contributed by atoms with Crippen molar-refractivity contribution >= 4 is 0 Å². The zero-order valence-corrected chi connectivity index (χ0v) is 12.0. The summed E-state index contributed by atoms with van der Waals surface area (Å²) in [6, 6.07) is 0.0238. The highest BCUT2D eigenvalue weighted by atomic mass is 16.5. The third-order valence-corrected chi connectivity index (χ3v) is 3.76. The quantitative estimate of drug-likeness (QED) is 0.732. The first-order valence-electron chi connectivity index (χ1n) is 6.12. The summed E-state index contributed by atoms with van der Waals surface area (Å²) in [7, 11) is 1.75. The number of hydrogen-bond acceptors (Lipinski definition) is 3. The summed E-state index contributed by atoms with van der Waals surface area (Å²) in [6.07, 6.45) is 1.04. The predicted molar refractivity (Wildman–Crippen MR) is 68.5 cm³/mol. The fourth-order valence-electron chi connectivity index (χ4n) is 1.42. The molecule has 0 spiro atoms. The molecule has 3 nitrogen and oxygen atoms in total. The summed E-state index contributed by atoms with van der Waals surface area (Å²) in [5, 5.41) is 0. The lowest BCUT2D eigenvalue weighted by molar-refractivity contribution is -0.103. The molecule has 0 radical (unpaired) electrons. The fourth-order valence-corrected chi connectivity index (χ4v) is 1.42. The van der Waals surface area contributed by atoms with Gasteiger partial charge in [0.2, 0.25) is 0 Å². The van der Waals surface area contributed by atoms with Crippen molar-refractivity contribution in [2.75, 3.05) is 13.7 Å². The van der Waals surface area contributed by atoms with Crippen LogP contribution in [0.3, 0.4) is 0 Å². The molecule has 0 heterocycles. The molecule has 0 aliphatic carbocycles. The van der Waals surface area contributed by atoms with E-state index in [0.717, 1.165) is 6.42 Å². The third-order valence-electron chi connectivity index (χ3n) is 3.76. The maximum absolute atomic E-state index is 5.93. The highest BCUT2D eigenvalue weighted by molar-refractivity contribution is 4.82. The smallest absolute Gasteiger partial charge is 0.0774 e. The maximum Gasteiger partial charge on any atom is 0.0774 e. The van der Waals surface area contributed by atoms with Crippen molar-refractivity contribution in [3.05, 3.63) is 0 Å². The van der Waals surface area contributed by atoms with Crippen LogP contribution in [0.5, 0.6) is 0 Å². The molecule has 0 aliphatic rings. The zero-order chi connectivity index (χ0) is 13.0. The number of hydrogen-bond donors (Lipinski definition) is 1. The molecule has 0 aromatic heterocycles. The average molecular weight is 231 g/mol. The van der Waals surface area contributed by atoms with E-state index in [1.165, 1.54) is 0 Å². The van der Waals surface area contributed by atoms with E-state index in [2.05, 4.69) is 20.8 Å². The topological polar surface area (TPSA) is 44.5 Å². The average Bonchev–Trinajstić information content (AvgIpc) is 2.18. The van der Waals surface area contributed by atoms with E-state index in [4.69, 9.17) is 15.2 Å². The lowest BCUT2D eigenvalue weighted by Gasteiger charge is -2.36. The lowest BCUT2D eigenvalue weighted by atomic mass is 9.89. The second kappa shape index (κ2) is 5.99. The van der Waals surface area contributed by atoms with Gasteiger partial charge < -0.3 is 15.2 Å². The fraction of sp³-hybridized carbons (Fsp3) is 1.00. The molecule has 2 unspecified atom stereocenters. The van der Waals surface area contributed by atoms with Gasteiger partial charge in [-0.1, -0.05) is 6.92 Å². The number of methoxy groups -OCH3 is 1. The highest BCUT2D eigenvalue weighted by Gasteiger charge is 2.31. The van der Waals surface area contributed by atoms with Crippen molar-refractivity contribution in [2.45, 2.75) is 65.2 Å². The van der Waals surface area contributed by atoms with Gasteiger partial charge in [-0.3, -0.25) is 0 Å². The molecule has 0 aliphatic heterocycles. The summed E-state index contributed by atoms with van der Waals surface area (Å²) in [5.41, 5.74) is 5.45. The van der Waals surface area contributed by atoms with E-state index in [9.17, 15) is 0 Å². The Bertz CT molecular complexity index is 200. The number of ether oxygens (including phenoxy) is 2. The van der Waals surface area contributed by atoms with Crippen LogP contribution in [0.2, 0.25) is 0 Å². The van der Waals surface area contributed by atoms with Crippen LogP contribution in [0.4, 0.5) is 0 Å². The Hall–Kier alpha value is -0.120. The Kier molecular flexibility index (Phi) is 5.94. The summed E-state index contributed by atoms with van der Waals surface area (Å²) in [5.74, 6) is 0.385. The van der Waals surface area contributed by atoms with Crippen molar-refractivity contribution < 1.29 is 9.47 Å². The SMILES string of the molecule is CCC(COC(C)(C)C(C)N)C(C)(C)OC. The molecule has 0 saturated heterocycles. The summed E-state index contributed by atoms with van der Waals surface area (Å²) >= 11 is 0. The Balaban J connectivity index is 4.37. The molecule has 16 heavy (non-hydrogen) atoms. The predicted octanol–water partition coefficient (Wildman–Crippen LogP) is 2.58. The van der Waals surface area contributed by atoms with Gasteiger partial charge in [-0.2, -0.15) is 0 Å². The van der Waals surface area contributed by atoms with E-state index in [-0.39, 0.29) is 17.2 Å². The van der Waals surface area contributed by atoms with Crippen LogP contribution in [-0.4, -0.2) is 31.0 Å². The summed E-state index contributed by atoms with van der Waals surface area (Å²) < 4.78 is 11.4. The van der Waals surface area contributed by atoms with Crippen molar-refractivity contribution in [3.8, 4) is 0 Å². The second-order valence-electron chi connectivity index (χ2n) is 5.62. The van der Waals surface area contributed by atoms with E-state index in [0.29, 0.717) is 12.5 Å². The second-order valence-corrected chi connectivity index (χ2v) is 5.62. The van der Waals surface area contributed by atoms with Gasteiger partial charge in [0.15, 0.2) is 0 Å². The molecule has 2 N–H and O–H groups in total. The summed E-state index contributed by atoms with van der Waals surface area (Å²) in [6.45, 7) is 13.1. The molecule has 3 heteroatoms. The van der Waals surface area contributed by atoms with Crippen molar-refractivity contribution in [1.29, 1.82) is 0 Å². The Morgan fingerprint density at radius 3 is 1.94 bits per heavy atom. The van der Waals surface area contributed by atoms with E-state index < -0.39 is 0 Å². The van der Waals surface area contributed by atoms with Gasteiger partial charge in [0.1, 0.15) is 0 Å². The molecule has 98 valence electrons. The minimum Gasteiger partial charge on any atom is -0.378 e. The zero-order valence-electron chi connectivity index (χ0n) is 12.0. The normalized spacial score (nSPS) is 17.2. The Morgan fingerprint density at radius 2 is 1.62 bits per heavy atom. The van der Waals surface area contributed by atoms with Crippen molar-refractivity contribution in [1.82, 2.24) is 0 Å². The molecule has 2 atom stereocenters. The summed E-state index contributed by atoms with van der Waals surface area (Å²) in [4.78, 5) is 0. The first-order chi connectivity index (χ1) is 7.17. The van der Waals surface area contributed by atoms with Gasteiger partial charge in [0.25, 0.3) is 0 Å². The van der Waals surface area contributed by atoms with Crippen LogP contribution in [0.15, 0.2) is 0 Å². The van der Waals surface area contributed by atoms with Gasteiger partial charge in [0.05, 0.1) is 17.8 Å². The third kappa shape index (κ3) is 4.40. The lowest BCUT2D eigenvalue weighted by Crippen LogP contribution is -2.46. The van der Waals surface area contributed by atoms with Crippen molar-refractivity contribution in [2.24, 2.45) is 11.7 Å². The van der Waals surface area contributed by atoms with Crippen molar-refractivity contribution in [3.63, 3.8) is 0 Å². The van der Waals surface area contributed by atoms with Crippen LogP contribution in [0.1, 0.15) is 48.0 Å². The largest absolute Gasteiger partial charge is 0.378 e. The monoisotopic (exact) mass is 231 g/mol. The Morgan fingerprint density at radius 1 is 1.12 bits per heavy atom. The van der Waals surface area contributed by atoms with Crippen LogP contribution in [-0.2, 0) is 9.47 Å². The van der Waals surface area contributed by atoms with Crippen LogP contribution >= 0.6 is 0 Å². The molecule has 0 amide bonds. The number of rotatable bonds is 7. The van der Waals surface area contributed by atoms with Gasteiger partial charge in [-0.15, -0.1) is 0 Å². The van der Waals surface area contributed by atoms with Crippen LogP contribution in [0, 0.1) is 5.92 Å².